The lowest BCUT2D eigenvalue weighted by atomic mass is 10.0. The summed E-state index contributed by atoms with van der Waals surface area (Å²) in [5.74, 6) is -0.780. The van der Waals surface area contributed by atoms with Gasteiger partial charge in [0.1, 0.15) is 5.82 Å². The summed E-state index contributed by atoms with van der Waals surface area (Å²) in [5, 5.41) is 3.18. The standard InChI is InChI=1S/C19H22FN3O3S/c1-21-15-5-4-12-23(13-15)19(24)14-8-10-16(11-9-14)27(25,26)22-18-7-3-2-6-17(18)20/h2-3,6-11,15,21-22H,4-5,12-13H2,1H3. The van der Waals surface area contributed by atoms with Gasteiger partial charge in [0.2, 0.25) is 0 Å². The minimum Gasteiger partial charge on any atom is -0.337 e. The zero-order valence-corrected chi connectivity index (χ0v) is 15.8. The van der Waals surface area contributed by atoms with Crippen molar-refractivity contribution in [3.8, 4) is 0 Å². The second-order valence-corrected chi connectivity index (χ2v) is 8.17. The number of halogens is 1. The maximum Gasteiger partial charge on any atom is 0.261 e. The number of carbonyl (C=O) groups excluding carboxylic acids is 1. The van der Waals surface area contributed by atoms with E-state index in [9.17, 15) is 17.6 Å². The van der Waals surface area contributed by atoms with E-state index in [4.69, 9.17) is 0 Å². The van der Waals surface area contributed by atoms with Gasteiger partial charge in [0.25, 0.3) is 15.9 Å². The van der Waals surface area contributed by atoms with Gasteiger partial charge in [-0.15, -0.1) is 0 Å². The number of amides is 1. The van der Waals surface area contributed by atoms with Crippen LogP contribution in [0.4, 0.5) is 10.1 Å². The Balaban J connectivity index is 1.74. The molecule has 1 saturated heterocycles. The van der Waals surface area contributed by atoms with Crippen LogP contribution in [0.2, 0.25) is 0 Å². The first-order valence-corrected chi connectivity index (χ1v) is 10.2. The second-order valence-electron chi connectivity index (χ2n) is 6.49. The monoisotopic (exact) mass is 391 g/mol. The number of nitrogens with zero attached hydrogens (tertiary/aromatic N) is 1. The number of hydrogen-bond acceptors (Lipinski definition) is 4. The lowest BCUT2D eigenvalue weighted by Crippen LogP contribution is -2.46. The minimum atomic E-state index is -3.94. The largest absolute Gasteiger partial charge is 0.337 e. The van der Waals surface area contributed by atoms with Crippen molar-refractivity contribution >= 4 is 21.6 Å². The van der Waals surface area contributed by atoms with Crippen molar-refractivity contribution in [2.75, 3.05) is 24.9 Å². The molecule has 1 amide bonds. The molecule has 0 aliphatic carbocycles. The van der Waals surface area contributed by atoms with Crippen LogP contribution in [0.15, 0.2) is 53.4 Å². The van der Waals surface area contributed by atoms with Gasteiger partial charge < -0.3 is 10.2 Å². The SMILES string of the molecule is CNC1CCCN(C(=O)c2ccc(S(=O)(=O)Nc3ccccc3F)cc2)C1. The molecule has 27 heavy (non-hydrogen) atoms. The number of nitrogens with one attached hydrogen (secondary N) is 2. The Morgan fingerprint density at radius 2 is 1.85 bits per heavy atom. The maximum atomic E-state index is 13.7. The van der Waals surface area contributed by atoms with Crippen LogP contribution in [0.3, 0.4) is 0 Å². The zero-order valence-electron chi connectivity index (χ0n) is 15.0. The molecule has 144 valence electrons. The Morgan fingerprint density at radius 1 is 1.15 bits per heavy atom. The number of para-hydroxylation sites is 1. The van der Waals surface area contributed by atoms with E-state index >= 15 is 0 Å². The second kappa shape index (κ2) is 8.06. The van der Waals surface area contributed by atoms with Gasteiger partial charge in [-0.3, -0.25) is 9.52 Å². The number of carbonyl (C=O) groups is 1. The first-order valence-electron chi connectivity index (χ1n) is 8.74. The van der Waals surface area contributed by atoms with E-state index in [0.29, 0.717) is 18.7 Å². The average molecular weight is 391 g/mol. The smallest absolute Gasteiger partial charge is 0.261 e. The number of rotatable bonds is 5. The number of anilines is 1. The molecule has 1 unspecified atom stereocenters. The molecule has 1 heterocycles. The Kier molecular flexibility index (Phi) is 5.76. The summed E-state index contributed by atoms with van der Waals surface area (Å²) >= 11 is 0. The molecule has 1 aliphatic heterocycles. The Hall–Kier alpha value is -2.45. The van der Waals surface area contributed by atoms with E-state index in [1.807, 2.05) is 7.05 Å². The van der Waals surface area contributed by atoms with E-state index in [-0.39, 0.29) is 22.5 Å². The molecule has 0 saturated carbocycles. The van der Waals surface area contributed by atoms with Crippen LogP contribution in [0.1, 0.15) is 23.2 Å². The summed E-state index contributed by atoms with van der Waals surface area (Å²) in [7, 11) is -2.06. The van der Waals surface area contributed by atoms with Crippen molar-refractivity contribution in [3.05, 3.63) is 59.9 Å². The van der Waals surface area contributed by atoms with Crippen LogP contribution < -0.4 is 10.0 Å². The van der Waals surface area contributed by atoms with Gasteiger partial charge in [0.05, 0.1) is 10.6 Å². The van der Waals surface area contributed by atoms with Crippen molar-refractivity contribution in [3.63, 3.8) is 0 Å². The predicted octanol–water partition coefficient (Wildman–Crippen LogP) is 2.45. The minimum absolute atomic E-state index is 0.0333. The summed E-state index contributed by atoms with van der Waals surface area (Å²) in [6.45, 7) is 1.32. The molecule has 0 bridgehead atoms. The fraction of sp³-hybridized carbons (Fsp3) is 0.316. The lowest BCUT2D eigenvalue weighted by molar-refractivity contribution is 0.0698. The van der Waals surface area contributed by atoms with E-state index < -0.39 is 15.8 Å². The van der Waals surface area contributed by atoms with Gasteiger partial charge in [-0.1, -0.05) is 12.1 Å². The van der Waals surface area contributed by atoms with Crippen molar-refractivity contribution in [2.24, 2.45) is 0 Å². The highest BCUT2D eigenvalue weighted by Crippen LogP contribution is 2.20. The average Bonchev–Trinajstić information content (AvgIpc) is 2.69. The first-order chi connectivity index (χ1) is 12.9. The molecule has 6 nitrogen and oxygen atoms in total. The van der Waals surface area contributed by atoms with Crippen LogP contribution >= 0.6 is 0 Å². The summed E-state index contributed by atoms with van der Waals surface area (Å²) in [6.07, 6.45) is 1.95. The lowest BCUT2D eigenvalue weighted by Gasteiger charge is -2.32. The van der Waals surface area contributed by atoms with E-state index in [2.05, 4.69) is 10.0 Å². The van der Waals surface area contributed by atoms with Gasteiger partial charge in [0.15, 0.2) is 0 Å². The number of benzene rings is 2. The maximum absolute atomic E-state index is 13.7. The molecule has 2 aromatic rings. The number of piperidine rings is 1. The molecule has 0 aromatic heterocycles. The van der Waals surface area contributed by atoms with E-state index in [1.54, 1.807) is 11.0 Å². The third-order valence-electron chi connectivity index (χ3n) is 4.65. The van der Waals surface area contributed by atoms with Crippen LogP contribution in [0, 0.1) is 5.82 Å². The van der Waals surface area contributed by atoms with Gasteiger partial charge in [-0.2, -0.15) is 0 Å². The number of likely N-dealkylation sites (N-methyl/N-ethyl adjacent to an activating group) is 1. The number of hydrogen-bond donors (Lipinski definition) is 2. The van der Waals surface area contributed by atoms with Crippen molar-refractivity contribution in [1.82, 2.24) is 10.2 Å². The normalized spacial score (nSPS) is 17.6. The van der Waals surface area contributed by atoms with Crippen LogP contribution in [-0.4, -0.2) is 45.4 Å². The van der Waals surface area contributed by atoms with Crippen molar-refractivity contribution < 1.29 is 17.6 Å². The summed E-state index contributed by atoms with van der Waals surface area (Å²) in [4.78, 5) is 14.4. The molecular weight excluding hydrogens is 369 g/mol. The van der Waals surface area contributed by atoms with Crippen molar-refractivity contribution in [2.45, 2.75) is 23.8 Å². The fourth-order valence-corrected chi connectivity index (χ4v) is 4.17. The third kappa shape index (κ3) is 4.45. The quantitative estimate of drug-likeness (QED) is 0.821. The molecular formula is C19H22FN3O3S. The molecule has 1 atom stereocenters. The molecule has 1 aliphatic rings. The molecule has 0 spiro atoms. The topological polar surface area (TPSA) is 78.5 Å². The molecule has 3 rings (SSSR count). The van der Waals surface area contributed by atoms with Crippen LogP contribution in [-0.2, 0) is 10.0 Å². The first kappa shape index (κ1) is 19.3. The zero-order chi connectivity index (χ0) is 19.4. The van der Waals surface area contributed by atoms with Crippen LogP contribution in [0.25, 0.3) is 0 Å². The summed E-state index contributed by atoms with van der Waals surface area (Å²) < 4.78 is 40.8. The highest BCUT2D eigenvalue weighted by Gasteiger charge is 2.24. The number of likely N-dealkylation sites (tertiary alicyclic amines) is 1. The van der Waals surface area contributed by atoms with Gasteiger partial charge in [0, 0.05) is 24.7 Å². The van der Waals surface area contributed by atoms with Gasteiger partial charge in [-0.05, 0) is 56.3 Å². The van der Waals surface area contributed by atoms with Crippen molar-refractivity contribution in [1.29, 1.82) is 0 Å². The molecule has 0 radical (unpaired) electrons. The Bertz CT molecular complexity index is 916. The van der Waals surface area contributed by atoms with Gasteiger partial charge >= 0.3 is 0 Å². The molecule has 2 aromatic carbocycles. The Labute approximate surface area is 158 Å². The predicted molar refractivity (Wildman–Crippen MR) is 102 cm³/mol. The summed E-state index contributed by atoms with van der Waals surface area (Å²) in [5.41, 5.74) is 0.306. The molecule has 8 heteroatoms. The van der Waals surface area contributed by atoms with E-state index in [0.717, 1.165) is 12.8 Å². The molecule has 1 fully saturated rings. The highest BCUT2D eigenvalue weighted by molar-refractivity contribution is 7.92. The highest BCUT2D eigenvalue weighted by atomic mass is 32.2. The Morgan fingerprint density at radius 3 is 2.52 bits per heavy atom. The van der Waals surface area contributed by atoms with Gasteiger partial charge in [-0.25, -0.2) is 12.8 Å². The molecule has 2 N–H and O–H groups in total. The summed E-state index contributed by atoms with van der Waals surface area (Å²) in [6, 6.07) is 11.5. The number of sulfonamides is 1. The fourth-order valence-electron chi connectivity index (χ4n) is 3.10. The van der Waals surface area contributed by atoms with Crippen LogP contribution in [0.5, 0.6) is 0 Å². The third-order valence-corrected chi connectivity index (χ3v) is 6.03. The van der Waals surface area contributed by atoms with E-state index in [1.165, 1.54) is 42.5 Å².